The Balaban J connectivity index is 3.15. The largest absolute Gasteiger partial charge is 0.228 e. The molecule has 1 rings (SSSR count). The van der Waals surface area contributed by atoms with E-state index in [0.29, 0.717) is 0 Å². The van der Waals surface area contributed by atoms with Crippen molar-refractivity contribution in [3.63, 3.8) is 0 Å². The molecule has 0 aromatic heterocycles. The van der Waals surface area contributed by atoms with Gasteiger partial charge in [0, 0.05) is 5.75 Å². The normalized spacial score (nSPS) is 33.6. The van der Waals surface area contributed by atoms with E-state index in [1.807, 2.05) is 25.2 Å². The van der Waals surface area contributed by atoms with Gasteiger partial charge in [0.25, 0.3) is 0 Å². The zero-order valence-corrected chi connectivity index (χ0v) is 9.14. The molecule has 0 aromatic rings. The van der Waals surface area contributed by atoms with Gasteiger partial charge in [0.15, 0.2) is 9.84 Å². The van der Waals surface area contributed by atoms with Gasteiger partial charge in [0.1, 0.15) is 0 Å². The van der Waals surface area contributed by atoms with Crippen molar-refractivity contribution >= 4 is 9.84 Å². The highest BCUT2D eigenvalue weighted by molar-refractivity contribution is 7.92. The average Bonchev–Trinajstić information content (AvgIpc) is 2.10. The van der Waals surface area contributed by atoms with E-state index in [9.17, 15) is 8.42 Å². The monoisotopic (exact) mass is 200 g/mol. The van der Waals surface area contributed by atoms with Crippen molar-refractivity contribution in [2.24, 2.45) is 5.92 Å². The van der Waals surface area contributed by atoms with Gasteiger partial charge in [0.2, 0.25) is 0 Å². The Morgan fingerprint density at radius 2 is 2.00 bits per heavy atom. The van der Waals surface area contributed by atoms with Crippen LogP contribution in [0, 0.1) is 5.92 Å². The third-order valence-corrected chi connectivity index (χ3v) is 5.50. The molecule has 2 nitrogen and oxygen atoms in total. The minimum Gasteiger partial charge on any atom is -0.228 e. The topological polar surface area (TPSA) is 34.1 Å². The van der Waals surface area contributed by atoms with Crippen LogP contribution in [0.15, 0.2) is 24.3 Å². The summed E-state index contributed by atoms with van der Waals surface area (Å²) in [6.45, 7) is 5.42. The molecule has 0 radical (unpaired) electrons. The van der Waals surface area contributed by atoms with E-state index in [-0.39, 0.29) is 11.7 Å². The van der Waals surface area contributed by atoms with Crippen LogP contribution in [0.4, 0.5) is 0 Å². The Morgan fingerprint density at radius 1 is 1.38 bits per heavy atom. The molecule has 0 heterocycles. The van der Waals surface area contributed by atoms with Gasteiger partial charge in [-0.25, -0.2) is 8.42 Å². The summed E-state index contributed by atoms with van der Waals surface area (Å²) >= 11 is 0. The molecule has 0 amide bonds. The van der Waals surface area contributed by atoms with Crippen LogP contribution >= 0.6 is 0 Å². The highest BCUT2D eigenvalue weighted by atomic mass is 32.2. The van der Waals surface area contributed by atoms with Crippen molar-refractivity contribution in [1.82, 2.24) is 0 Å². The van der Waals surface area contributed by atoms with Crippen LogP contribution in [0.25, 0.3) is 0 Å². The van der Waals surface area contributed by atoms with E-state index in [1.165, 1.54) is 0 Å². The Bertz CT molecular complexity index is 338. The molecule has 0 bridgehead atoms. The highest BCUT2D eigenvalue weighted by Crippen LogP contribution is 2.32. The van der Waals surface area contributed by atoms with Crippen molar-refractivity contribution in [2.75, 3.05) is 5.75 Å². The number of rotatable bonds is 2. The molecule has 0 saturated carbocycles. The molecule has 0 spiro atoms. The van der Waals surface area contributed by atoms with E-state index < -0.39 is 14.6 Å². The van der Waals surface area contributed by atoms with Gasteiger partial charge >= 0.3 is 0 Å². The summed E-state index contributed by atoms with van der Waals surface area (Å²) in [5.74, 6) is 0.258. The first-order valence-corrected chi connectivity index (χ1v) is 6.17. The summed E-state index contributed by atoms with van der Waals surface area (Å²) in [5.41, 5.74) is 0. The van der Waals surface area contributed by atoms with Crippen molar-refractivity contribution in [2.45, 2.75) is 25.5 Å². The lowest BCUT2D eigenvalue weighted by molar-refractivity contribution is 0.515. The van der Waals surface area contributed by atoms with Gasteiger partial charge in [-0.05, 0) is 12.8 Å². The third-order valence-electron chi connectivity index (χ3n) is 2.89. The molecule has 74 valence electrons. The van der Waals surface area contributed by atoms with Crippen molar-refractivity contribution in [3.05, 3.63) is 24.3 Å². The summed E-state index contributed by atoms with van der Waals surface area (Å²) in [5, 5.41) is 0. The van der Waals surface area contributed by atoms with E-state index in [1.54, 1.807) is 19.9 Å². The Kier molecular flexibility index (Phi) is 2.66. The van der Waals surface area contributed by atoms with Gasteiger partial charge in [-0.3, -0.25) is 0 Å². The van der Waals surface area contributed by atoms with E-state index in [0.717, 1.165) is 0 Å². The van der Waals surface area contributed by atoms with Gasteiger partial charge in [0.05, 0.1) is 4.75 Å². The molecule has 3 heteroatoms. The minimum atomic E-state index is -3.01. The van der Waals surface area contributed by atoms with Crippen LogP contribution in [0.2, 0.25) is 0 Å². The summed E-state index contributed by atoms with van der Waals surface area (Å²) in [7, 11) is -3.01. The number of sulfone groups is 1. The molecule has 0 fully saturated rings. The number of allylic oxidation sites excluding steroid dienone is 3. The summed E-state index contributed by atoms with van der Waals surface area (Å²) in [6.07, 6.45) is 7.44. The fourth-order valence-electron chi connectivity index (χ4n) is 1.52. The molecule has 1 aliphatic carbocycles. The Labute approximate surface area is 80.3 Å². The summed E-state index contributed by atoms with van der Waals surface area (Å²) < 4.78 is 22.9. The van der Waals surface area contributed by atoms with Crippen molar-refractivity contribution in [1.29, 1.82) is 0 Å². The lowest BCUT2D eigenvalue weighted by Crippen LogP contribution is -2.41. The van der Waals surface area contributed by atoms with Crippen LogP contribution in [-0.4, -0.2) is 18.9 Å². The number of hydrogen-bond donors (Lipinski definition) is 0. The Hall–Kier alpha value is -0.570. The van der Waals surface area contributed by atoms with Crippen LogP contribution < -0.4 is 0 Å². The predicted molar refractivity (Wildman–Crippen MR) is 55.3 cm³/mol. The van der Waals surface area contributed by atoms with E-state index >= 15 is 0 Å². The van der Waals surface area contributed by atoms with Crippen LogP contribution in [-0.2, 0) is 9.84 Å². The first kappa shape index (κ1) is 10.5. The van der Waals surface area contributed by atoms with Crippen LogP contribution in [0.3, 0.4) is 0 Å². The van der Waals surface area contributed by atoms with Crippen LogP contribution in [0.1, 0.15) is 20.8 Å². The molecule has 2 atom stereocenters. The fourth-order valence-corrected chi connectivity index (χ4v) is 3.07. The molecule has 0 aromatic carbocycles. The lowest BCUT2D eigenvalue weighted by atomic mass is 9.91. The van der Waals surface area contributed by atoms with Gasteiger partial charge in [-0.2, -0.15) is 0 Å². The van der Waals surface area contributed by atoms with Crippen LogP contribution in [0.5, 0.6) is 0 Å². The first-order valence-electron chi connectivity index (χ1n) is 4.52. The van der Waals surface area contributed by atoms with Crippen molar-refractivity contribution < 1.29 is 8.42 Å². The zero-order valence-electron chi connectivity index (χ0n) is 8.32. The molecule has 1 aliphatic rings. The summed E-state index contributed by atoms with van der Waals surface area (Å²) in [6, 6.07) is 0. The quantitative estimate of drug-likeness (QED) is 0.682. The Morgan fingerprint density at radius 3 is 2.46 bits per heavy atom. The lowest BCUT2D eigenvalue weighted by Gasteiger charge is -2.31. The predicted octanol–water partition coefficient (Wildman–Crippen LogP) is 1.94. The standard InChI is InChI=1S/C10H16O2S/c1-4-13(11,12)10(3)8-6-5-7-9(10)2/h5-9H,4H2,1-3H3. The van der Waals surface area contributed by atoms with Crippen molar-refractivity contribution in [3.8, 4) is 0 Å². The maximum Gasteiger partial charge on any atom is 0.159 e. The molecule has 0 saturated heterocycles. The zero-order chi connectivity index (χ0) is 10.1. The second-order valence-corrected chi connectivity index (χ2v) is 6.31. The smallest absolute Gasteiger partial charge is 0.159 e. The molecular formula is C10H16O2S. The minimum absolute atomic E-state index is 0.0578. The maximum absolute atomic E-state index is 11.8. The third kappa shape index (κ3) is 1.57. The van der Waals surface area contributed by atoms with E-state index in [2.05, 4.69) is 0 Å². The SMILES string of the molecule is CCS(=O)(=O)C1(C)C=CC=CC1C. The molecule has 0 N–H and O–H groups in total. The molecule has 2 unspecified atom stereocenters. The fraction of sp³-hybridized carbons (Fsp3) is 0.600. The van der Waals surface area contributed by atoms with E-state index in [4.69, 9.17) is 0 Å². The second-order valence-electron chi connectivity index (χ2n) is 3.62. The molecular weight excluding hydrogens is 184 g/mol. The average molecular weight is 200 g/mol. The summed E-state index contributed by atoms with van der Waals surface area (Å²) in [4.78, 5) is 0. The van der Waals surface area contributed by atoms with Gasteiger partial charge < -0.3 is 0 Å². The maximum atomic E-state index is 11.8. The molecule has 13 heavy (non-hydrogen) atoms. The number of hydrogen-bond acceptors (Lipinski definition) is 2. The second kappa shape index (κ2) is 3.29. The molecule has 0 aliphatic heterocycles. The first-order chi connectivity index (χ1) is 5.94. The van der Waals surface area contributed by atoms with Gasteiger partial charge in [-0.1, -0.05) is 38.2 Å². The van der Waals surface area contributed by atoms with Gasteiger partial charge in [-0.15, -0.1) is 0 Å². The highest BCUT2D eigenvalue weighted by Gasteiger charge is 2.40.